The molecule has 0 saturated carbocycles. The predicted octanol–water partition coefficient (Wildman–Crippen LogP) is 2.05. The van der Waals surface area contributed by atoms with E-state index in [0.29, 0.717) is 5.92 Å². The molecule has 4 rings (SSSR count). The minimum absolute atomic E-state index is 0.424. The van der Waals surface area contributed by atoms with Gasteiger partial charge in [-0.3, -0.25) is 5.10 Å². The minimum Gasteiger partial charge on any atom is -0.322 e. The lowest BCUT2D eigenvalue weighted by molar-refractivity contribution is -0.532. The Morgan fingerprint density at radius 2 is 2.12 bits per heavy atom. The molecule has 0 unspecified atom stereocenters. The van der Waals surface area contributed by atoms with Gasteiger partial charge < -0.3 is 10.6 Å². The summed E-state index contributed by atoms with van der Waals surface area (Å²) in [5.41, 5.74) is 3.18. The normalized spacial score (nSPS) is 17.9. The number of piperidine rings is 1. The zero-order chi connectivity index (χ0) is 17.9. The van der Waals surface area contributed by atoms with Gasteiger partial charge in [-0.2, -0.15) is 5.10 Å². The van der Waals surface area contributed by atoms with E-state index in [2.05, 4.69) is 50.5 Å². The van der Waals surface area contributed by atoms with Gasteiger partial charge in [0.1, 0.15) is 24.6 Å². The van der Waals surface area contributed by atoms with Crippen molar-refractivity contribution in [3.8, 4) is 0 Å². The summed E-state index contributed by atoms with van der Waals surface area (Å²) in [5.74, 6) is 2.76. The molecule has 3 N–H and O–H groups in total. The van der Waals surface area contributed by atoms with Crippen molar-refractivity contribution in [2.45, 2.75) is 39.0 Å². The third-order valence-corrected chi connectivity index (χ3v) is 5.24. The van der Waals surface area contributed by atoms with E-state index < -0.39 is 0 Å². The van der Waals surface area contributed by atoms with Gasteiger partial charge in [0.05, 0.1) is 18.3 Å². The van der Waals surface area contributed by atoms with Crippen LogP contribution >= 0.6 is 0 Å². The summed E-state index contributed by atoms with van der Waals surface area (Å²) in [6, 6.07) is 2.03. The average molecular weight is 354 g/mol. The van der Waals surface area contributed by atoms with Gasteiger partial charge in [0.25, 0.3) is 0 Å². The molecule has 0 amide bonds. The van der Waals surface area contributed by atoms with Gasteiger partial charge in [0, 0.05) is 17.7 Å². The molecular formula is C19H28N7+. The summed E-state index contributed by atoms with van der Waals surface area (Å²) in [6.45, 7) is 8.73. The van der Waals surface area contributed by atoms with Gasteiger partial charge >= 0.3 is 0 Å². The Hall–Kier alpha value is -2.28. The van der Waals surface area contributed by atoms with E-state index in [-0.39, 0.29) is 0 Å². The second-order valence-electron chi connectivity index (χ2n) is 7.64. The summed E-state index contributed by atoms with van der Waals surface area (Å²) in [5, 5.41) is 14.0. The quantitative estimate of drug-likeness (QED) is 0.716. The first-order valence-electron chi connectivity index (χ1n) is 9.65. The molecule has 4 heterocycles. The standard InChI is InChI=1S/C19H27N7/c1-13(2)16-9-18(25-24-16)23-19-10-21-17-12-26(8-5-15(17)22-19)11-14-3-6-20-7-4-14/h9-10,12-14,20H,3-8,11H2,1-2H3,(H,21,24,25)/p+1. The molecule has 0 aliphatic carbocycles. The lowest BCUT2D eigenvalue weighted by Gasteiger charge is -2.22. The Bertz CT molecular complexity index is 787. The van der Waals surface area contributed by atoms with Crippen molar-refractivity contribution in [1.82, 2.24) is 25.5 Å². The third-order valence-electron chi connectivity index (χ3n) is 5.24. The van der Waals surface area contributed by atoms with Crippen LogP contribution in [0.4, 0.5) is 11.6 Å². The molecule has 2 aromatic heterocycles. The van der Waals surface area contributed by atoms with E-state index in [1.807, 2.05) is 6.07 Å². The molecule has 7 nitrogen and oxygen atoms in total. The number of hydrogen-bond donors (Lipinski definition) is 3. The summed E-state index contributed by atoms with van der Waals surface area (Å²) >= 11 is 0. The van der Waals surface area contributed by atoms with Crippen LogP contribution in [-0.2, 0) is 6.42 Å². The molecule has 2 aromatic rings. The van der Waals surface area contributed by atoms with Crippen LogP contribution in [0.2, 0.25) is 0 Å². The smallest absolute Gasteiger partial charge is 0.191 e. The molecule has 0 radical (unpaired) electrons. The molecule has 7 heteroatoms. The van der Waals surface area contributed by atoms with Crippen molar-refractivity contribution in [3.05, 3.63) is 29.3 Å². The predicted molar refractivity (Wildman–Crippen MR) is 102 cm³/mol. The highest BCUT2D eigenvalue weighted by molar-refractivity contribution is 5.75. The number of hydrogen-bond acceptors (Lipinski definition) is 5. The fraction of sp³-hybridized carbons (Fsp3) is 0.579. The summed E-state index contributed by atoms with van der Waals surface area (Å²) in [6.07, 6.45) is 7.47. The minimum atomic E-state index is 0.424. The van der Waals surface area contributed by atoms with E-state index in [1.165, 1.54) is 12.8 Å². The molecule has 2 aliphatic heterocycles. The molecule has 2 aliphatic rings. The lowest BCUT2D eigenvalue weighted by atomic mass is 9.97. The van der Waals surface area contributed by atoms with Crippen molar-refractivity contribution >= 4 is 17.9 Å². The number of aromatic amines is 1. The monoisotopic (exact) mass is 354 g/mol. The Kier molecular flexibility index (Phi) is 4.97. The van der Waals surface area contributed by atoms with E-state index in [9.17, 15) is 0 Å². The fourth-order valence-corrected chi connectivity index (χ4v) is 3.64. The number of nitrogens with zero attached hydrogens (tertiary/aromatic N) is 4. The maximum absolute atomic E-state index is 4.75. The first-order valence-corrected chi connectivity index (χ1v) is 9.65. The topological polar surface area (TPSA) is 81.5 Å². The van der Waals surface area contributed by atoms with Crippen LogP contribution in [0.15, 0.2) is 12.3 Å². The van der Waals surface area contributed by atoms with Crippen LogP contribution in [-0.4, -0.2) is 57.1 Å². The van der Waals surface area contributed by atoms with Gasteiger partial charge in [-0.05, 0) is 31.8 Å². The van der Waals surface area contributed by atoms with E-state index in [4.69, 9.17) is 4.98 Å². The molecule has 1 fully saturated rings. The first-order chi connectivity index (χ1) is 12.7. The van der Waals surface area contributed by atoms with Crippen molar-refractivity contribution in [2.24, 2.45) is 5.92 Å². The second kappa shape index (κ2) is 7.53. The maximum Gasteiger partial charge on any atom is 0.191 e. The van der Waals surface area contributed by atoms with Crippen LogP contribution in [0, 0.1) is 5.92 Å². The van der Waals surface area contributed by atoms with E-state index in [0.717, 1.165) is 67.2 Å². The molecule has 0 spiro atoms. The first kappa shape index (κ1) is 17.1. The SMILES string of the molecule is CC(C)c1cc(Nc2cnc3c(n2)CC[N+](CC2CCNCC2)=C3)n[nH]1. The van der Waals surface area contributed by atoms with Crippen molar-refractivity contribution < 1.29 is 4.58 Å². The van der Waals surface area contributed by atoms with E-state index in [1.54, 1.807) is 6.20 Å². The molecule has 26 heavy (non-hydrogen) atoms. The van der Waals surface area contributed by atoms with Gasteiger partial charge in [-0.25, -0.2) is 14.5 Å². The van der Waals surface area contributed by atoms with Gasteiger partial charge in [0.2, 0.25) is 0 Å². The van der Waals surface area contributed by atoms with Gasteiger partial charge in [-0.15, -0.1) is 0 Å². The van der Waals surface area contributed by atoms with Crippen LogP contribution in [0.25, 0.3) is 0 Å². The summed E-state index contributed by atoms with van der Waals surface area (Å²) in [4.78, 5) is 9.38. The summed E-state index contributed by atoms with van der Waals surface area (Å²) < 4.78 is 2.42. The van der Waals surface area contributed by atoms with Crippen molar-refractivity contribution in [3.63, 3.8) is 0 Å². The summed E-state index contributed by atoms with van der Waals surface area (Å²) in [7, 11) is 0. The largest absolute Gasteiger partial charge is 0.322 e. The Morgan fingerprint density at radius 3 is 2.88 bits per heavy atom. The molecule has 1 saturated heterocycles. The molecule has 0 atom stereocenters. The van der Waals surface area contributed by atoms with Crippen LogP contribution in [0.3, 0.4) is 0 Å². The van der Waals surface area contributed by atoms with Gasteiger partial charge in [0.15, 0.2) is 12.0 Å². The molecule has 0 bridgehead atoms. The average Bonchev–Trinajstić information content (AvgIpc) is 3.11. The third kappa shape index (κ3) is 3.93. The lowest BCUT2D eigenvalue weighted by Crippen LogP contribution is -2.35. The number of anilines is 2. The number of aromatic nitrogens is 4. The highest BCUT2D eigenvalue weighted by atomic mass is 15.2. The fourth-order valence-electron chi connectivity index (χ4n) is 3.64. The number of H-pyrrole nitrogens is 1. The van der Waals surface area contributed by atoms with Crippen molar-refractivity contribution in [2.75, 3.05) is 31.5 Å². The van der Waals surface area contributed by atoms with Crippen LogP contribution in [0.5, 0.6) is 0 Å². The van der Waals surface area contributed by atoms with Crippen LogP contribution in [0.1, 0.15) is 49.7 Å². The Balaban J connectivity index is 1.44. The maximum atomic E-state index is 4.75. The highest BCUT2D eigenvalue weighted by Gasteiger charge is 2.23. The second-order valence-corrected chi connectivity index (χ2v) is 7.64. The Labute approximate surface area is 154 Å². The number of rotatable bonds is 5. The number of nitrogens with one attached hydrogen (secondary N) is 3. The van der Waals surface area contributed by atoms with Crippen molar-refractivity contribution in [1.29, 1.82) is 0 Å². The van der Waals surface area contributed by atoms with Gasteiger partial charge in [-0.1, -0.05) is 13.8 Å². The zero-order valence-corrected chi connectivity index (χ0v) is 15.6. The zero-order valence-electron chi connectivity index (χ0n) is 15.6. The molecule has 138 valence electrons. The van der Waals surface area contributed by atoms with E-state index >= 15 is 0 Å². The molecule has 0 aromatic carbocycles. The van der Waals surface area contributed by atoms with Crippen LogP contribution < -0.4 is 10.6 Å². The molecular weight excluding hydrogens is 326 g/mol. The number of fused-ring (bicyclic) bond motifs is 1. The highest BCUT2D eigenvalue weighted by Crippen LogP contribution is 2.19. The Morgan fingerprint density at radius 1 is 1.27 bits per heavy atom.